The molecule has 5 heteroatoms. The van der Waals surface area contributed by atoms with Crippen molar-refractivity contribution in [3.63, 3.8) is 0 Å². The summed E-state index contributed by atoms with van der Waals surface area (Å²) in [6.07, 6.45) is 10.2. The third-order valence-electron chi connectivity index (χ3n) is 12.6. The molecule has 5 aliphatic rings. The van der Waals surface area contributed by atoms with E-state index >= 15 is 0 Å². The molecule has 5 rings (SSSR count). The summed E-state index contributed by atoms with van der Waals surface area (Å²) in [5, 5.41) is 10.3. The fourth-order valence-corrected chi connectivity index (χ4v) is 11.3. The molecule has 0 heterocycles. The van der Waals surface area contributed by atoms with Gasteiger partial charge in [-0.3, -0.25) is 14.4 Å². The zero-order valence-electron chi connectivity index (χ0n) is 22.3. The van der Waals surface area contributed by atoms with Gasteiger partial charge in [0.25, 0.3) is 0 Å². The van der Waals surface area contributed by atoms with Crippen LogP contribution in [0.5, 0.6) is 0 Å². The fourth-order valence-electron chi connectivity index (χ4n) is 10.1. The zero-order chi connectivity index (χ0) is 25.9. The highest BCUT2D eigenvalue weighted by Gasteiger charge is 2.71. The summed E-state index contributed by atoms with van der Waals surface area (Å²) in [7, 11) is 0. The lowest BCUT2D eigenvalue weighted by Crippen LogP contribution is -2.66. The van der Waals surface area contributed by atoms with Gasteiger partial charge in [-0.05, 0) is 114 Å². The van der Waals surface area contributed by atoms with Gasteiger partial charge >= 0.3 is 5.97 Å². The Labute approximate surface area is 223 Å². The lowest BCUT2D eigenvalue weighted by Gasteiger charge is -2.69. The second-order valence-corrected chi connectivity index (χ2v) is 15.1. The maximum atomic E-state index is 14.3. The summed E-state index contributed by atoms with van der Waals surface area (Å²) in [5.74, 6) is -0.302. The third-order valence-corrected chi connectivity index (χ3v) is 13.4. The van der Waals surface area contributed by atoms with Crippen LogP contribution in [0.1, 0.15) is 87.0 Å². The highest BCUT2D eigenvalue weighted by atomic mass is 127. The van der Waals surface area contributed by atoms with E-state index in [-0.39, 0.29) is 39.6 Å². The predicted octanol–water partition coefficient (Wildman–Crippen LogP) is 7.02. The zero-order valence-corrected chi connectivity index (χ0v) is 24.5. The average Bonchev–Trinajstić information content (AvgIpc) is 2.76. The van der Waals surface area contributed by atoms with Crippen molar-refractivity contribution < 1.29 is 19.5 Å². The molecule has 5 aliphatic carbocycles. The van der Waals surface area contributed by atoms with Gasteiger partial charge in [-0.1, -0.05) is 53.2 Å². The number of carboxylic acids is 1. The molecule has 0 amide bonds. The maximum Gasteiger partial charge on any atom is 0.317 e. The van der Waals surface area contributed by atoms with Crippen molar-refractivity contribution >= 4 is 40.1 Å². The molecular formula is C30H41IO4. The van der Waals surface area contributed by atoms with Crippen LogP contribution in [0.15, 0.2) is 21.3 Å². The average molecular weight is 593 g/mol. The first-order valence-electron chi connectivity index (χ1n) is 13.5. The van der Waals surface area contributed by atoms with Crippen LogP contribution < -0.4 is 0 Å². The number of carboxylic acid groups (broad SMARTS) is 1. The molecule has 0 saturated heterocycles. The Morgan fingerprint density at radius 3 is 2.29 bits per heavy atom. The minimum Gasteiger partial charge on any atom is -0.480 e. The maximum absolute atomic E-state index is 14.3. The van der Waals surface area contributed by atoms with Crippen LogP contribution in [-0.4, -0.2) is 22.6 Å². The first kappa shape index (κ1) is 25.7. The van der Waals surface area contributed by atoms with E-state index in [1.807, 2.05) is 34.7 Å². The third kappa shape index (κ3) is 2.94. The number of carbonyl (C=O) groups is 3. The number of hydrogen-bond donors (Lipinski definition) is 1. The first-order valence-corrected chi connectivity index (χ1v) is 14.6. The quantitative estimate of drug-likeness (QED) is 0.263. The SMILES string of the molecule is C[C@H]1[C@H](C)CC[C@]2(C)CC[C@]3(C)C(=CC(=O)[C@@H]4[C@@]5(C)C=C(I)C(=O)[C@](C)(C(=O)O)[C@@H]5CC[C@]43C)[C@H]12. The highest BCUT2D eigenvalue weighted by Crippen LogP contribution is 2.74. The van der Waals surface area contributed by atoms with Crippen molar-refractivity contribution in [1.82, 2.24) is 0 Å². The van der Waals surface area contributed by atoms with E-state index in [1.165, 1.54) is 24.8 Å². The van der Waals surface area contributed by atoms with E-state index in [0.29, 0.717) is 27.8 Å². The van der Waals surface area contributed by atoms with Gasteiger partial charge in [-0.15, -0.1) is 0 Å². The van der Waals surface area contributed by atoms with Gasteiger partial charge in [-0.25, -0.2) is 0 Å². The number of carbonyl (C=O) groups excluding carboxylic acids is 2. The van der Waals surface area contributed by atoms with E-state index in [4.69, 9.17) is 0 Å². The molecule has 1 N–H and O–H groups in total. The monoisotopic (exact) mass is 592 g/mol. The number of Topliss-reactive ketones (excluding diaryl/α,β-unsaturated/α-hetero) is 1. The van der Waals surface area contributed by atoms with Crippen LogP contribution in [0.2, 0.25) is 0 Å². The molecule has 10 atom stereocenters. The number of halogens is 1. The number of ketones is 2. The van der Waals surface area contributed by atoms with E-state index in [9.17, 15) is 19.5 Å². The van der Waals surface area contributed by atoms with Crippen LogP contribution in [0.25, 0.3) is 0 Å². The molecule has 3 fully saturated rings. The van der Waals surface area contributed by atoms with Crippen LogP contribution in [0, 0.1) is 56.7 Å². The Hall–Kier alpha value is -0.980. The van der Waals surface area contributed by atoms with Crippen molar-refractivity contribution in [3.8, 4) is 0 Å². The molecule has 0 unspecified atom stereocenters. The molecule has 0 aromatic heterocycles. The second kappa shape index (κ2) is 7.54. The van der Waals surface area contributed by atoms with Crippen molar-refractivity contribution in [2.24, 2.45) is 56.7 Å². The Kier molecular flexibility index (Phi) is 5.53. The van der Waals surface area contributed by atoms with E-state index < -0.39 is 16.8 Å². The lowest BCUT2D eigenvalue weighted by molar-refractivity contribution is -0.182. The van der Waals surface area contributed by atoms with Crippen molar-refractivity contribution in [2.45, 2.75) is 87.0 Å². The Balaban J connectivity index is 1.70. The van der Waals surface area contributed by atoms with Crippen LogP contribution in [0.3, 0.4) is 0 Å². The van der Waals surface area contributed by atoms with E-state index in [1.54, 1.807) is 6.92 Å². The molecule has 0 spiro atoms. The van der Waals surface area contributed by atoms with Gasteiger partial charge in [0.15, 0.2) is 11.6 Å². The molecule has 0 aliphatic heterocycles. The Morgan fingerprint density at radius 2 is 1.66 bits per heavy atom. The van der Waals surface area contributed by atoms with Gasteiger partial charge in [0.05, 0.1) is 3.58 Å². The van der Waals surface area contributed by atoms with Gasteiger partial charge in [0.2, 0.25) is 0 Å². The molecule has 0 bridgehead atoms. The molecule has 35 heavy (non-hydrogen) atoms. The summed E-state index contributed by atoms with van der Waals surface area (Å²) in [6, 6.07) is 0. The standard InChI is InChI=1S/C30H41IO4/c1-16-8-10-26(3)12-13-28(5)18(22(26)17(16)2)14-20(32)23-27(4)15-19(31)24(33)30(7,25(34)35)21(27)9-11-29(23,28)6/h14-17,21-23H,8-13H2,1-7H3,(H,34,35)/t16-,17+,21-,22+,23-,26-,27+,28-,29-,30-/m1/s1. The van der Waals surface area contributed by atoms with E-state index in [0.717, 1.165) is 12.8 Å². The molecule has 3 saturated carbocycles. The topological polar surface area (TPSA) is 71.4 Å². The van der Waals surface area contributed by atoms with Crippen molar-refractivity contribution in [3.05, 3.63) is 21.3 Å². The molecular weight excluding hydrogens is 551 g/mol. The summed E-state index contributed by atoms with van der Waals surface area (Å²) < 4.78 is 0.467. The van der Waals surface area contributed by atoms with Crippen molar-refractivity contribution in [2.75, 3.05) is 0 Å². The lowest BCUT2D eigenvalue weighted by atomic mass is 9.34. The van der Waals surface area contributed by atoms with Gasteiger partial charge in [-0.2, -0.15) is 0 Å². The van der Waals surface area contributed by atoms with Gasteiger partial charge < -0.3 is 5.11 Å². The molecule has 0 radical (unpaired) electrons. The molecule has 0 aromatic carbocycles. The normalized spacial score (nSPS) is 53.4. The predicted molar refractivity (Wildman–Crippen MR) is 145 cm³/mol. The summed E-state index contributed by atoms with van der Waals surface area (Å²) in [4.78, 5) is 40.0. The number of fused-ring (bicyclic) bond motifs is 7. The number of hydrogen-bond acceptors (Lipinski definition) is 3. The summed E-state index contributed by atoms with van der Waals surface area (Å²) >= 11 is 2.01. The van der Waals surface area contributed by atoms with Crippen LogP contribution >= 0.6 is 22.6 Å². The Morgan fingerprint density at radius 1 is 1.00 bits per heavy atom. The minimum absolute atomic E-state index is 0.102. The van der Waals surface area contributed by atoms with Crippen LogP contribution in [0.4, 0.5) is 0 Å². The minimum atomic E-state index is -1.50. The summed E-state index contributed by atoms with van der Waals surface area (Å²) in [5.41, 5.74) is -0.910. The molecule has 192 valence electrons. The molecule has 4 nitrogen and oxygen atoms in total. The van der Waals surface area contributed by atoms with Crippen LogP contribution in [-0.2, 0) is 14.4 Å². The Bertz CT molecular complexity index is 1090. The van der Waals surface area contributed by atoms with Gasteiger partial charge in [0, 0.05) is 11.3 Å². The van der Waals surface area contributed by atoms with Gasteiger partial charge in [0.1, 0.15) is 5.41 Å². The number of rotatable bonds is 1. The molecule has 0 aromatic rings. The highest BCUT2D eigenvalue weighted by molar-refractivity contribution is 14.1. The van der Waals surface area contributed by atoms with E-state index in [2.05, 4.69) is 41.5 Å². The largest absolute Gasteiger partial charge is 0.480 e. The smallest absolute Gasteiger partial charge is 0.317 e. The fraction of sp³-hybridized carbons (Fsp3) is 0.767. The second-order valence-electron chi connectivity index (χ2n) is 14.0. The first-order chi connectivity index (χ1) is 16.1. The number of aliphatic carboxylic acids is 1. The summed E-state index contributed by atoms with van der Waals surface area (Å²) in [6.45, 7) is 15.6. The van der Waals surface area contributed by atoms with Crippen molar-refractivity contribution in [1.29, 1.82) is 0 Å². The number of allylic oxidation sites excluding steroid dienone is 4.